The number of rotatable bonds is 7. The number of aromatic nitrogens is 3. The first-order valence-corrected chi connectivity index (χ1v) is 8.16. The Morgan fingerprint density at radius 3 is 2.65 bits per heavy atom. The van der Waals surface area contributed by atoms with Gasteiger partial charge in [0.25, 0.3) is 5.91 Å². The number of nitrogens with zero attached hydrogens (tertiary/aromatic N) is 3. The number of benzene rings is 1. The van der Waals surface area contributed by atoms with Gasteiger partial charge in [0.1, 0.15) is 23.1 Å². The van der Waals surface area contributed by atoms with Crippen molar-refractivity contribution in [2.24, 2.45) is 0 Å². The average molecular weight is 349 g/mol. The van der Waals surface area contributed by atoms with Crippen molar-refractivity contribution in [3.05, 3.63) is 72.3 Å². The number of hydrogen-bond donors (Lipinski definition) is 2. The third-order valence-electron chi connectivity index (χ3n) is 3.66. The molecular formula is C19H19N5O2. The van der Waals surface area contributed by atoms with Crippen LogP contribution in [0.3, 0.4) is 0 Å². The van der Waals surface area contributed by atoms with Gasteiger partial charge in [-0.25, -0.2) is 9.97 Å². The third-order valence-corrected chi connectivity index (χ3v) is 3.66. The summed E-state index contributed by atoms with van der Waals surface area (Å²) in [5.74, 6) is 1.70. The molecule has 0 radical (unpaired) electrons. The summed E-state index contributed by atoms with van der Waals surface area (Å²) < 4.78 is 5.13. The molecular weight excluding hydrogens is 330 g/mol. The standard InChI is InChI=1S/C19H19N5O2/c1-26-15-7-5-14(6-8-15)9-10-22-19(25)16-3-2-4-17(23-16)24-18-13-20-11-12-21-18/h2-8,11-13H,9-10H2,1H3,(H,22,25)(H,21,23,24). The topological polar surface area (TPSA) is 89.0 Å². The third kappa shape index (κ3) is 4.76. The van der Waals surface area contributed by atoms with E-state index in [9.17, 15) is 4.79 Å². The van der Waals surface area contributed by atoms with Gasteiger partial charge in [-0.3, -0.25) is 9.78 Å². The fourth-order valence-electron chi connectivity index (χ4n) is 2.33. The molecule has 7 nitrogen and oxygen atoms in total. The van der Waals surface area contributed by atoms with Crippen molar-refractivity contribution in [2.45, 2.75) is 6.42 Å². The number of methoxy groups -OCH3 is 1. The van der Waals surface area contributed by atoms with Gasteiger partial charge in [-0.1, -0.05) is 18.2 Å². The molecule has 3 rings (SSSR count). The monoisotopic (exact) mass is 349 g/mol. The second kappa shape index (κ2) is 8.57. The molecule has 0 atom stereocenters. The summed E-state index contributed by atoms with van der Waals surface area (Å²) in [7, 11) is 1.63. The fraction of sp³-hybridized carbons (Fsp3) is 0.158. The second-order valence-electron chi connectivity index (χ2n) is 5.48. The number of pyridine rings is 1. The van der Waals surface area contributed by atoms with Crippen LogP contribution >= 0.6 is 0 Å². The Morgan fingerprint density at radius 1 is 1.08 bits per heavy atom. The van der Waals surface area contributed by atoms with Crippen LogP contribution in [0.2, 0.25) is 0 Å². The predicted molar refractivity (Wildman–Crippen MR) is 98.6 cm³/mol. The van der Waals surface area contributed by atoms with Gasteiger partial charge in [-0.15, -0.1) is 0 Å². The van der Waals surface area contributed by atoms with Gasteiger partial charge in [0.2, 0.25) is 0 Å². The minimum absolute atomic E-state index is 0.221. The molecule has 1 amide bonds. The molecule has 2 heterocycles. The van der Waals surface area contributed by atoms with Gasteiger partial charge in [0, 0.05) is 18.9 Å². The largest absolute Gasteiger partial charge is 0.497 e. The van der Waals surface area contributed by atoms with Crippen molar-refractivity contribution >= 4 is 17.5 Å². The number of nitrogens with one attached hydrogen (secondary N) is 2. The molecule has 132 valence electrons. The van der Waals surface area contributed by atoms with Crippen LogP contribution in [-0.4, -0.2) is 34.5 Å². The number of anilines is 2. The van der Waals surface area contributed by atoms with E-state index < -0.39 is 0 Å². The summed E-state index contributed by atoms with van der Waals surface area (Å²) in [6, 6.07) is 13.0. The Labute approximate surface area is 151 Å². The van der Waals surface area contributed by atoms with Crippen molar-refractivity contribution in [1.82, 2.24) is 20.3 Å². The van der Waals surface area contributed by atoms with Crippen molar-refractivity contribution < 1.29 is 9.53 Å². The molecule has 7 heteroatoms. The Kier molecular flexibility index (Phi) is 5.72. The molecule has 0 spiro atoms. The first kappa shape index (κ1) is 17.3. The van der Waals surface area contributed by atoms with E-state index in [-0.39, 0.29) is 5.91 Å². The van der Waals surface area contributed by atoms with E-state index in [2.05, 4.69) is 25.6 Å². The highest BCUT2D eigenvalue weighted by molar-refractivity contribution is 5.92. The molecule has 2 N–H and O–H groups in total. The van der Waals surface area contributed by atoms with Gasteiger partial charge < -0.3 is 15.4 Å². The molecule has 0 aliphatic heterocycles. The SMILES string of the molecule is COc1ccc(CCNC(=O)c2cccc(Nc3cnccn3)n2)cc1. The van der Waals surface area contributed by atoms with Crippen LogP contribution in [0.25, 0.3) is 0 Å². The average Bonchev–Trinajstić information content (AvgIpc) is 2.69. The zero-order valence-corrected chi connectivity index (χ0v) is 14.3. The first-order chi connectivity index (χ1) is 12.7. The maximum atomic E-state index is 12.3. The zero-order chi connectivity index (χ0) is 18.2. The highest BCUT2D eigenvalue weighted by atomic mass is 16.5. The summed E-state index contributed by atoms with van der Waals surface area (Å²) >= 11 is 0. The van der Waals surface area contributed by atoms with E-state index in [1.54, 1.807) is 43.9 Å². The fourth-order valence-corrected chi connectivity index (χ4v) is 2.33. The first-order valence-electron chi connectivity index (χ1n) is 8.16. The zero-order valence-electron chi connectivity index (χ0n) is 14.3. The molecule has 0 saturated heterocycles. The Balaban J connectivity index is 1.55. The number of carbonyl (C=O) groups is 1. The van der Waals surface area contributed by atoms with Crippen molar-refractivity contribution in [2.75, 3.05) is 19.0 Å². The predicted octanol–water partition coefficient (Wildman–Crippen LogP) is 2.60. The molecule has 0 aliphatic rings. The lowest BCUT2D eigenvalue weighted by Gasteiger charge is -2.08. The van der Waals surface area contributed by atoms with Crippen LogP contribution in [0, 0.1) is 0 Å². The van der Waals surface area contributed by atoms with E-state index >= 15 is 0 Å². The highest BCUT2D eigenvalue weighted by Crippen LogP contribution is 2.12. The molecule has 0 fully saturated rings. The maximum absolute atomic E-state index is 12.3. The van der Waals surface area contributed by atoms with Crippen LogP contribution in [0.15, 0.2) is 61.1 Å². The van der Waals surface area contributed by atoms with Crippen molar-refractivity contribution in [1.29, 1.82) is 0 Å². The van der Waals surface area contributed by atoms with E-state index in [1.807, 2.05) is 24.3 Å². The van der Waals surface area contributed by atoms with Gasteiger partial charge >= 0.3 is 0 Å². The molecule has 0 aliphatic carbocycles. The second-order valence-corrected chi connectivity index (χ2v) is 5.48. The molecule has 2 aromatic heterocycles. The van der Waals surface area contributed by atoms with Crippen LogP contribution in [-0.2, 0) is 6.42 Å². The lowest BCUT2D eigenvalue weighted by atomic mass is 10.1. The van der Waals surface area contributed by atoms with Gasteiger partial charge in [-0.05, 0) is 36.2 Å². The Hall–Kier alpha value is -3.48. The summed E-state index contributed by atoms with van der Waals surface area (Å²) in [4.78, 5) is 24.7. The molecule has 3 aromatic rings. The summed E-state index contributed by atoms with van der Waals surface area (Å²) in [6.07, 6.45) is 5.49. The van der Waals surface area contributed by atoms with Gasteiger partial charge in [0.15, 0.2) is 0 Å². The van der Waals surface area contributed by atoms with Crippen molar-refractivity contribution in [3.8, 4) is 5.75 Å². The van der Waals surface area contributed by atoms with Crippen LogP contribution in [0.4, 0.5) is 11.6 Å². The van der Waals surface area contributed by atoms with Crippen LogP contribution in [0.1, 0.15) is 16.1 Å². The minimum Gasteiger partial charge on any atom is -0.497 e. The lowest BCUT2D eigenvalue weighted by Crippen LogP contribution is -2.26. The number of amides is 1. The maximum Gasteiger partial charge on any atom is 0.269 e. The molecule has 0 saturated carbocycles. The van der Waals surface area contributed by atoms with Gasteiger partial charge in [-0.2, -0.15) is 0 Å². The highest BCUT2D eigenvalue weighted by Gasteiger charge is 2.08. The summed E-state index contributed by atoms with van der Waals surface area (Å²) in [5.41, 5.74) is 1.46. The minimum atomic E-state index is -0.221. The van der Waals surface area contributed by atoms with E-state index in [0.717, 1.165) is 17.7 Å². The molecule has 0 bridgehead atoms. The van der Waals surface area contributed by atoms with Crippen LogP contribution in [0.5, 0.6) is 5.75 Å². The lowest BCUT2D eigenvalue weighted by molar-refractivity contribution is 0.0949. The summed E-state index contributed by atoms with van der Waals surface area (Å²) in [6.45, 7) is 0.522. The van der Waals surface area contributed by atoms with E-state index in [1.165, 1.54) is 0 Å². The quantitative estimate of drug-likeness (QED) is 0.681. The van der Waals surface area contributed by atoms with E-state index in [0.29, 0.717) is 23.9 Å². The molecule has 26 heavy (non-hydrogen) atoms. The normalized spacial score (nSPS) is 10.2. The number of ether oxygens (including phenoxy) is 1. The smallest absolute Gasteiger partial charge is 0.269 e. The van der Waals surface area contributed by atoms with E-state index in [4.69, 9.17) is 4.74 Å². The number of hydrogen-bond acceptors (Lipinski definition) is 6. The number of carbonyl (C=O) groups excluding carboxylic acids is 1. The Morgan fingerprint density at radius 2 is 1.92 bits per heavy atom. The van der Waals surface area contributed by atoms with Gasteiger partial charge in [0.05, 0.1) is 13.3 Å². The van der Waals surface area contributed by atoms with Crippen LogP contribution < -0.4 is 15.4 Å². The summed E-state index contributed by atoms with van der Waals surface area (Å²) in [5, 5.41) is 5.89. The molecule has 1 aromatic carbocycles. The van der Waals surface area contributed by atoms with Crippen molar-refractivity contribution in [3.63, 3.8) is 0 Å². The Bertz CT molecular complexity index is 853. The molecule has 0 unspecified atom stereocenters.